The van der Waals surface area contributed by atoms with E-state index in [4.69, 9.17) is 10.7 Å². The molecule has 1 aromatic heterocycles. The van der Waals surface area contributed by atoms with Gasteiger partial charge in [0.1, 0.15) is 6.23 Å². The predicted molar refractivity (Wildman–Crippen MR) is 312 cm³/mol. The normalized spacial score (nSPS) is 46.2. The van der Waals surface area contributed by atoms with E-state index in [9.17, 15) is 25.5 Å². The summed E-state index contributed by atoms with van der Waals surface area (Å²) in [4.78, 5) is 25.5. The maximum Gasteiger partial charge on any atom is 0.190 e. The lowest BCUT2D eigenvalue weighted by Gasteiger charge is -2.66. The van der Waals surface area contributed by atoms with Gasteiger partial charge in [0.05, 0.1) is 36.8 Å². The quantitative estimate of drug-likeness (QED) is 0.0411. The highest BCUT2D eigenvalue weighted by atomic mass is 33.1. The van der Waals surface area contributed by atoms with Crippen molar-refractivity contribution in [1.29, 1.82) is 0 Å². The fourth-order valence-electron chi connectivity index (χ4n) is 23.4. The first-order valence-corrected chi connectivity index (χ1v) is 33.9. The molecule has 1 aliphatic heterocycles. The Labute approximate surface area is 478 Å². The Morgan fingerprint density at radius 2 is 1.66 bits per heavy atom. The van der Waals surface area contributed by atoms with E-state index in [1.54, 1.807) is 23.6 Å². The van der Waals surface area contributed by atoms with Crippen molar-refractivity contribution in [2.75, 3.05) is 32.5 Å². The number of guanidine groups is 1. The lowest BCUT2D eigenvalue weighted by Crippen LogP contribution is -2.70. The molecule has 19 atom stereocenters. The summed E-state index contributed by atoms with van der Waals surface area (Å²) in [6.45, 7) is 9.00. The van der Waals surface area contributed by atoms with Crippen molar-refractivity contribution in [1.82, 2.24) is 20.2 Å². The van der Waals surface area contributed by atoms with Crippen LogP contribution in [0, 0.1) is 86.3 Å². The summed E-state index contributed by atoms with van der Waals surface area (Å²) in [7, 11) is 5.88. The van der Waals surface area contributed by atoms with Crippen molar-refractivity contribution in [2.45, 2.75) is 210 Å². The number of aliphatic imine (C=N–C) groups is 1. The Hall–Kier alpha value is -2.21. The summed E-state index contributed by atoms with van der Waals surface area (Å²) in [6.07, 6.45) is 26.6. The van der Waals surface area contributed by atoms with E-state index in [2.05, 4.69) is 57.9 Å². The molecule has 15 heteroatoms. The standard InChI is InChI=1S/C64H96N6O7S2/c1-36(72)69-57(65)68-31-38-28-62(34-71)44-27-48(64(62,77)45-26-46(73)53-43(32-66-5)55(75)47(74)30-59(53,4)51(38)45)63(22-12-21-61(63)19-8-9-20-61)79-78-33-39(70-24-23-67-35-70)29-58(2,3)54-41-15-11-18-60(16-6-7-17-60)52(41)40-14-10-13-37-25-42(44)56(76)50(54)49(37)40/h23-24,26,35-39,42-44,47-48,50-53,55-56,66,71-72,74-77H,6-22,25,27-34H2,1-5H3,(H3,65,68,69)/t36-,37+,38-,39+,42+,43+,44-,47+,48-,50-,51+,52-,53+,55-,56+,59-,62+,63+,64+/m1/s1. The van der Waals surface area contributed by atoms with Gasteiger partial charge in [0.2, 0.25) is 0 Å². The molecule has 4 bridgehead atoms. The van der Waals surface area contributed by atoms with Crippen molar-refractivity contribution < 1.29 is 35.4 Å². The first-order valence-electron chi connectivity index (χ1n) is 31.6. The zero-order valence-electron chi connectivity index (χ0n) is 48.2. The lowest BCUT2D eigenvalue weighted by atomic mass is 9.40. The first-order chi connectivity index (χ1) is 37.8. The molecule has 9 fully saturated rings. The highest BCUT2D eigenvalue weighted by molar-refractivity contribution is 8.77. The molecule has 8 saturated carbocycles. The van der Waals surface area contributed by atoms with Crippen LogP contribution in [0.2, 0.25) is 0 Å². The van der Waals surface area contributed by atoms with Crippen molar-refractivity contribution in [3.05, 3.63) is 52.7 Å². The van der Waals surface area contributed by atoms with Gasteiger partial charge in [-0.3, -0.25) is 9.79 Å². The van der Waals surface area contributed by atoms with E-state index >= 15 is 9.90 Å². The van der Waals surface area contributed by atoms with Gasteiger partial charge in [0.25, 0.3) is 0 Å². The summed E-state index contributed by atoms with van der Waals surface area (Å²) < 4.78 is 1.94. The van der Waals surface area contributed by atoms with Crippen LogP contribution in [0.4, 0.5) is 0 Å². The van der Waals surface area contributed by atoms with Crippen LogP contribution in [0.1, 0.15) is 175 Å². The Bertz CT molecular complexity index is 2640. The van der Waals surface area contributed by atoms with Gasteiger partial charge >= 0.3 is 0 Å². The van der Waals surface area contributed by atoms with Crippen molar-refractivity contribution in [2.24, 2.45) is 97.0 Å². The van der Waals surface area contributed by atoms with Crippen molar-refractivity contribution in [3.63, 3.8) is 0 Å². The van der Waals surface area contributed by atoms with Crippen LogP contribution >= 0.6 is 21.6 Å². The van der Waals surface area contributed by atoms with E-state index in [-0.39, 0.29) is 83.2 Å². The molecule has 0 radical (unpaired) electrons. The SMILES string of the molecule is CNC[C@@H]1[C@@H](O)[C@@H](O)C[C@]2(C)[C@@H]3C(=CC(=O)[C@H]12)[C@]1(O)[C@@H]2C[C@H]([C@@H]4C[C@@H]5CCCC6=C5[C@H](C(=C5CCCC7(CCCC7)[C@H]65)C(C)(C)C[C@H](n5ccnc5)CSS[C@@]25CCCC52CCCC2)[C@H]4O)[C@@]1(CO)C[C@@H]3CN=C(N)N[C@@H](C)O. The third kappa shape index (κ3) is 8.02. The molecule has 0 amide bonds. The smallest absolute Gasteiger partial charge is 0.190 e. The summed E-state index contributed by atoms with van der Waals surface area (Å²) in [5.41, 5.74) is 9.90. The summed E-state index contributed by atoms with van der Waals surface area (Å²) in [6, 6.07) is 0.127. The number of imidazole rings is 1. The molecule has 12 aliphatic rings. The Morgan fingerprint density at radius 1 is 0.924 bits per heavy atom. The number of nitrogens with one attached hydrogen (secondary N) is 2. The minimum atomic E-state index is -1.68. The second kappa shape index (κ2) is 20.2. The molecule has 0 aromatic carbocycles. The van der Waals surface area contributed by atoms with E-state index in [1.165, 1.54) is 44.1 Å². The number of nitrogens with zero attached hydrogens (tertiary/aromatic N) is 3. The van der Waals surface area contributed by atoms with E-state index in [0.717, 1.165) is 89.2 Å². The number of carbonyl (C=O) groups excluding carboxylic acids is 1. The van der Waals surface area contributed by atoms with Gasteiger partial charge in [-0.25, -0.2) is 4.98 Å². The minimum absolute atomic E-state index is 0.0685. The molecule has 13 nitrogen and oxygen atoms in total. The fraction of sp³-hybridized carbons (Fsp3) is 0.828. The average molecular weight is 1130 g/mol. The number of aromatic nitrogens is 2. The zero-order chi connectivity index (χ0) is 55.2. The second-order valence-corrected chi connectivity index (χ2v) is 32.2. The molecular weight excluding hydrogens is 1030 g/mol. The maximum absolute atomic E-state index is 15.8. The van der Waals surface area contributed by atoms with E-state index in [1.807, 2.05) is 36.4 Å². The number of hydrogen-bond donors (Lipinski definition) is 9. The largest absolute Gasteiger partial charge is 0.396 e. The minimum Gasteiger partial charge on any atom is -0.396 e. The molecular formula is C64H96N6O7S2. The first kappa shape index (κ1) is 56.0. The monoisotopic (exact) mass is 1120 g/mol. The van der Waals surface area contributed by atoms with Crippen LogP contribution in [-0.2, 0) is 4.79 Å². The van der Waals surface area contributed by atoms with E-state index < -0.39 is 63.5 Å². The van der Waals surface area contributed by atoms with Gasteiger partial charge in [-0.05, 0) is 186 Å². The average Bonchev–Trinajstić information content (AvgIpc) is 2.36. The van der Waals surface area contributed by atoms with Crippen LogP contribution in [-0.4, -0.2) is 119 Å². The molecule has 10 N–H and O–H groups in total. The Morgan fingerprint density at radius 3 is 2.38 bits per heavy atom. The predicted octanol–water partition coefficient (Wildman–Crippen LogP) is 8.80. The van der Waals surface area contributed by atoms with E-state index in [0.29, 0.717) is 36.8 Å². The number of ketones is 1. The number of aliphatic hydroxyl groups is 6. The van der Waals surface area contributed by atoms with Gasteiger partial charge in [-0.2, -0.15) is 0 Å². The molecule has 1 saturated heterocycles. The number of carbonyl (C=O) groups is 1. The molecule has 13 rings (SSSR count). The van der Waals surface area contributed by atoms with Gasteiger partial charge in [-0.15, -0.1) is 0 Å². The van der Waals surface area contributed by atoms with Crippen molar-refractivity contribution >= 4 is 33.3 Å². The fourth-order valence-corrected chi connectivity index (χ4v) is 27.6. The summed E-state index contributed by atoms with van der Waals surface area (Å²) in [5, 5.41) is 83.8. The topological polar surface area (TPSA) is 219 Å². The van der Waals surface area contributed by atoms with Gasteiger partial charge < -0.3 is 51.6 Å². The molecule has 0 unspecified atom stereocenters. The third-order valence-corrected chi connectivity index (χ3v) is 29.2. The second-order valence-electron chi connectivity index (χ2n) is 29.5. The van der Waals surface area contributed by atoms with Crippen molar-refractivity contribution in [3.8, 4) is 0 Å². The molecule has 3 spiro atoms. The molecule has 79 heavy (non-hydrogen) atoms. The molecule has 1 aromatic rings. The van der Waals surface area contributed by atoms with Gasteiger partial charge in [0, 0.05) is 77.0 Å². The molecule has 436 valence electrons. The third-order valence-electron chi connectivity index (χ3n) is 25.6. The number of hydrogen-bond acceptors (Lipinski definition) is 12. The van der Waals surface area contributed by atoms with Gasteiger partial charge in [-0.1, -0.05) is 96.8 Å². The zero-order valence-corrected chi connectivity index (χ0v) is 49.8. The summed E-state index contributed by atoms with van der Waals surface area (Å²) in [5.74, 6) is -1.55. The van der Waals surface area contributed by atoms with Crippen LogP contribution < -0.4 is 16.4 Å². The number of allylic oxidation sites excluding steroid dienone is 3. The maximum atomic E-state index is 15.8. The number of rotatable bonds is 7. The van der Waals surface area contributed by atoms with Crippen LogP contribution in [0.25, 0.3) is 0 Å². The highest BCUT2D eigenvalue weighted by Gasteiger charge is 2.80. The van der Waals surface area contributed by atoms with Crippen LogP contribution in [0.5, 0.6) is 0 Å². The Balaban J connectivity index is 1.06. The van der Waals surface area contributed by atoms with Gasteiger partial charge in [0.15, 0.2) is 11.7 Å². The number of nitrogens with two attached hydrogens (primary N) is 1. The molecule has 11 aliphatic carbocycles. The molecule has 2 heterocycles. The summed E-state index contributed by atoms with van der Waals surface area (Å²) >= 11 is 0. The highest BCUT2D eigenvalue weighted by Crippen LogP contribution is 2.80. The lowest BCUT2D eigenvalue weighted by molar-refractivity contribution is -0.198. The number of fused-ring (bicyclic) bond motifs is 16. The van der Waals surface area contributed by atoms with Crippen LogP contribution in [0.15, 0.2) is 57.7 Å². The van der Waals surface area contributed by atoms with Crippen LogP contribution in [0.3, 0.4) is 0 Å². The number of aliphatic hydroxyl groups excluding tert-OH is 5. The Kier molecular flexibility index (Phi) is 14.3.